The van der Waals surface area contributed by atoms with Gasteiger partial charge in [0.15, 0.2) is 0 Å². The lowest BCUT2D eigenvalue weighted by Crippen LogP contribution is -2.58. The minimum atomic E-state index is -1.71. The number of hydrogen-bond donors (Lipinski definition) is 7. The molecule has 0 heterocycles. The van der Waals surface area contributed by atoms with Crippen LogP contribution in [-0.2, 0) is 28.8 Å². The van der Waals surface area contributed by atoms with Gasteiger partial charge < -0.3 is 37.6 Å². The Morgan fingerprint density at radius 3 is 1.90 bits per heavy atom. The van der Waals surface area contributed by atoms with Crippen molar-refractivity contribution in [3.63, 3.8) is 0 Å². The predicted molar refractivity (Wildman–Crippen MR) is 98.0 cm³/mol. The number of carbonyl (C=O) groups excluding carboxylic acids is 4. The molecule has 0 aliphatic carbocycles. The molecule has 0 saturated heterocycles. The molecule has 4 atom stereocenters. The van der Waals surface area contributed by atoms with Gasteiger partial charge in [0, 0.05) is 0 Å². The Kier molecular flexibility index (Phi) is 10.9. The summed E-state index contributed by atoms with van der Waals surface area (Å²) in [5, 5.41) is 24.5. The van der Waals surface area contributed by atoms with Crippen LogP contribution in [0.25, 0.3) is 0 Å². The SMILES string of the molecule is CCC(C)C(NC(=O)C(CC(N)=O)NC(=O)CN)C(=O)NC(CC(=O)O)C(=O)O. The Morgan fingerprint density at radius 1 is 0.897 bits per heavy atom. The summed E-state index contributed by atoms with van der Waals surface area (Å²) >= 11 is 0. The number of aliphatic carboxylic acids is 2. The standard InChI is InChI=1S/C16H27N5O8/c1-3-7(2)13(15(27)20-9(16(28)29)5-12(24)25)21-14(26)8(4-10(18)22)19-11(23)6-17/h7-9,13H,3-6,17H2,1-2H3,(H2,18,22)(H,19,23)(H,20,27)(H,21,26)(H,24,25)(H,28,29). The molecule has 13 heteroatoms. The maximum absolute atomic E-state index is 12.5. The number of nitrogens with two attached hydrogens (primary N) is 2. The average molecular weight is 417 g/mol. The summed E-state index contributed by atoms with van der Waals surface area (Å²) in [6.07, 6.45) is -1.02. The highest BCUT2D eigenvalue weighted by molar-refractivity contribution is 5.96. The first-order valence-electron chi connectivity index (χ1n) is 8.75. The van der Waals surface area contributed by atoms with Crippen molar-refractivity contribution in [1.82, 2.24) is 16.0 Å². The van der Waals surface area contributed by atoms with E-state index in [1.165, 1.54) is 0 Å². The summed E-state index contributed by atoms with van der Waals surface area (Å²) in [5.41, 5.74) is 10.2. The van der Waals surface area contributed by atoms with Gasteiger partial charge in [-0.25, -0.2) is 4.79 Å². The van der Waals surface area contributed by atoms with Crippen LogP contribution in [0.3, 0.4) is 0 Å². The summed E-state index contributed by atoms with van der Waals surface area (Å²) in [5.74, 6) is -6.94. The topological polar surface area (TPSA) is 231 Å². The van der Waals surface area contributed by atoms with Gasteiger partial charge in [0.05, 0.1) is 19.4 Å². The van der Waals surface area contributed by atoms with Gasteiger partial charge in [0.1, 0.15) is 18.1 Å². The first-order valence-corrected chi connectivity index (χ1v) is 8.75. The Balaban J connectivity index is 5.47. The van der Waals surface area contributed by atoms with Crippen molar-refractivity contribution in [1.29, 1.82) is 0 Å². The minimum Gasteiger partial charge on any atom is -0.481 e. The molecule has 4 unspecified atom stereocenters. The Bertz CT molecular complexity index is 653. The van der Waals surface area contributed by atoms with Gasteiger partial charge in [0.25, 0.3) is 0 Å². The number of carboxylic acid groups (broad SMARTS) is 2. The van der Waals surface area contributed by atoms with E-state index in [0.717, 1.165) is 0 Å². The summed E-state index contributed by atoms with van der Waals surface area (Å²) in [4.78, 5) is 69.6. The molecule has 9 N–H and O–H groups in total. The Morgan fingerprint density at radius 2 is 1.48 bits per heavy atom. The van der Waals surface area contributed by atoms with Crippen molar-refractivity contribution in [2.75, 3.05) is 6.54 Å². The van der Waals surface area contributed by atoms with Gasteiger partial charge in [-0.3, -0.25) is 24.0 Å². The van der Waals surface area contributed by atoms with Crippen LogP contribution in [0.5, 0.6) is 0 Å². The van der Waals surface area contributed by atoms with Crippen LogP contribution in [0.2, 0.25) is 0 Å². The van der Waals surface area contributed by atoms with E-state index in [1.807, 2.05) is 0 Å². The van der Waals surface area contributed by atoms with Crippen LogP contribution in [0.15, 0.2) is 0 Å². The largest absolute Gasteiger partial charge is 0.481 e. The zero-order valence-electron chi connectivity index (χ0n) is 16.1. The lowest BCUT2D eigenvalue weighted by atomic mass is 9.97. The van der Waals surface area contributed by atoms with Crippen molar-refractivity contribution in [2.45, 2.75) is 51.2 Å². The van der Waals surface area contributed by atoms with Crippen LogP contribution >= 0.6 is 0 Å². The fourth-order valence-electron chi connectivity index (χ4n) is 2.26. The molecule has 0 aromatic rings. The molecule has 0 radical (unpaired) electrons. The van der Waals surface area contributed by atoms with Crippen LogP contribution in [0.1, 0.15) is 33.1 Å². The lowest BCUT2D eigenvalue weighted by Gasteiger charge is -2.27. The normalized spacial score (nSPS) is 14.6. The molecule has 29 heavy (non-hydrogen) atoms. The maximum atomic E-state index is 12.5. The van der Waals surface area contributed by atoms with E-state index in [-0.39, 0.29) is 0 Å². The van der Waals surface area contributed by atoms with Crippen molar-refractivity contribution in [2.24, 2.45) is 17.4 Å². The van der Waals surface area contributed by atoms with Crippen molar-refractivity contribution in [3.05, 3.63) is 0 Å². The minimum absolute atomic E-state index is 0.394. The van der Waals surface area contributed by atoms with Gasteiger partial charge >= 0.3 is 11.9 Å². The van der Waals surface area contributed by atoms with E-state index >= 15 is 0 Å². The summed E-state index contributed by atoms with van der Waals surface area (Å²) in [7, 11) is 0. The van der Waals surface area contributed by atoms with E-state index in [4.69, 9.17) is 21.7 Å². The molecular weight excluding hydrogens is 390 g/mol. The highest BCUT2D eigenvalue weighted by atomic mass is 16.4. The third-order valence-corrected chi connectivity index (χ3v) is 4.03. The predicted octanol–water partition coefficient (Wildman–Crippen LogP) is -3.12. The Hall–Kier alpha value is -3.22. The molecule has 0 aliphatic rings. The third kappa shape index (κ3) is 9.51. The second kappa shape index (κ2) is 12.3. The van der Waals surface area contributed by atoms with Gasteiger partial charge in [0.2, 0.25) is 23.6 Å². The smallest absolute Gasteiger partial charge is 0.326 e. The molecule has 0 spiro atoms. The van der Waals surface area contributed by atoms with Crippen molar-refractivity contribution >= 4 is 35.6 Å². The van der Waals surface area contributed by atoms with Crippen LogP contribution in [0.4, 0.5) is 0 Å². The maximum Gasteiger partial charge on any atom is 0.326 e. The van der Waals surface area contributed by atoms with Gasteiger partial charge in [-0.05, 0) is 5.92 Å². The molecule has 0 fully saturated rings. The molecular formula is C16H27N5O8. The number of nitrogens with one attached hydrogen (secondary N) is 3. The molecule has 13 nitrogen and oxygen atoms in total. The zero-order valence-corrected chi connectivity index (χ0v) is 16.1. The van der Waals surface area contributed by atoms with Crippen LogP contribution in [-0.4, -0.2) is 70.5 Å². The summed E-state index contributed by atoms with van der Waals surface area (Å²) in [6, 6.07) is -4.35. The number of rotatable bonds is 13. The molecule has 0 bridgehead atoms. The van der Waals surface area contributed by atoms with Crippen LogP contribution in [0, 0.1) is 5.92 Å². The lowest BCUT2D eigenvalue weighted by molar-refractivity contribution is -0.147. The molecule has 0 aliphatic heterocycles. The molecule has 4 amide bonds. The number of hydrogen-bond acceptors (Lipinski definition) is 7. The first kappa shape index (κ1) is 25.8. The average Bonchev–Trinajstić information content (AvgIpc) is 2.62. The number of primary amides is 1. The number of carboxylic acids is 2. The molecule has 0 rings (SSSR count). The van der Waals surface area contributed by atoms with E-state index in [2.05, 4.69) is 16.0 Å². The van der Waals surface area contributed by atoms with E-state index in [1.54, 1.807) is 13.8 Å². The molecule has 0 saturated carbocycles. The molecule has 0 aromatic carbocycles. The highest BCUT2D eigenvalue weighted by Crippen LogP contribution is 2.10. The van der Waals surface area contributed by atoms with Crippen LogP contribution < -0.4 is 27.4 Å². The summed E-state index contributed by atoms with van der Waals surface area (Å²) < 4.78 is 0. The monoisotopic (exact) mass is 417 g/mol. The van der Waals surface area contributed by atoms with E-state index in [9.17, 15) is 28.8 Å². The fraction of sp³-hybridized carbons (Fsp3) is 0.625. The molecule has 0 aromatic heterocycles. The molecule has 164 valence electrons. The Labute approximate surface area is 166 Å². The van der Waals surface area contributed by atoms with Crippen molar-refractivity contribution < 1.29 is 39.0 Å². The zero-order chi connectivity index (χ0) is 22.7. The fourth-order valence-corrected chi connectivity index (χ4v) is 2.26. The summed E-state index contributed by atoms with van der Waals surface area (Å²) in [6.45, 7) is 2.85. The first-order chi connectivity index (χ1) is 13.4. The van der Waals surface area contributed by atoms with Gasteiger partial charge in [-0.15, -0.1) is 0 Å². The third-order valence-electron chi connectivity index (χ3n) is 4.03. The quantitative estimate of drug-likeness (QED) is 0.160. The highest BCUT2D eigenvalue weighted by Gasteiger charge is 2.33. The van der Waals surface area contributed by atoms with Gasteiger partial charge in [-0.1, -0.05) is 20.3 Å². The number of carbonyl (C=O) groups is 6. The van der Waals surface area contributed by atoms with E-state index < -0.39 is 79.0 Å². The van der Waals surface area contributed by atoms with Gasteiger partial charge in [-0.2, -0.15) is 0 Å². The van der Waals surface area contributed by atoms with Crippen molar-refractivity contribution in [3.8, 4) is 0 Å². The second-order valence-electron chi connectivity index (χ2n) is 6.36. The van der Waals surface area contributed by atoms with E-state index in [0.29, 0.717) is 6.42 Å². The second-order valence-corrected chi connectivity index (χ2v) is 6.36. The number of amides is 4.